The Bertz CT molecular complexity index is 215. The van der Waals surface area contributed by atoms with Gasteiger partial charge in [-0.05, 0) is 20.8 Å². The van der Waals surface area contributed by atoms with Crippen LogP contribution in [0.5, 0.6) is 0 Å². The molecular weight excluding hydrogens is 221 g/mol. The minimum atomic E-state index is -4.19. The molecule has 96 valence electrons. The largest absolute Gasteiger partial charge is 0.390 e. The van der Waals surface area contributed by atoms with Crippen molar-refractivity contribution in [3.8, 4) is 0 Å². The van der Waals surface area contributed by atoms with Crippen LogP contribution < -0.4 is 5.32 Å². The number of likely N-dealkylation sites (N-methyl/N-ethyl adjacent to an activating group) is 1. The zero-order valence-electron chi connectivity index (χ0n) is 9.90. The van der Waals surface area contributed by atoms with Crippen molar-refractivity contribution in [2.45, 2.75) is 39.4 Å². The minimum Gasteiger partial charge on any atom is -0.342 e. The molecule has 0 radical (unpaired) electrons. The number of hydrogen-bond donors (Lipinski definition) is 1. The molecule has 0 aliphatic carbocycles. The average Bonchev–Trinajstić information content (AvgIpc) is 2.14. The standard InChI is InChI=1S/C10H19F3N2O/c1-4-15(5-2)9(16)7-14-8(3)6-10(11,12)13/h8,14H,4-7H2,1-3H3. The highest BCUT2D eigenvalue weighted by Gasteiger charge is 2.30. The van der Waals surface area contributed by atoms with Crippen LogP contribution in [0.4, 0.5) is 13.2 Å². The summed E-state index contributed by atoms with van der Waals surface area (Å²) in [5.74, 6) is -0.168. The molecule has 1 amide bonds. The van der Waals surface area contributed by atoms with Gasteiger partial charge in [-0.2, -0.15) is 13.2 Å². The van der Waals surface area contributed by atoms with Crippen LogP contribution in [0.2, 0.25) is 0 Å². The average molecular weight is 240 g/mol. The Morgan fingerprint density at radius 3 is 2.19 bits per heavy atom. The number of nitrogens with zero attached hydrogens (tertiary/aromatic N) is 1. The molecule has 0 saturated heterocycles. The Morgan fingerprint density at radius 1 is 1.31 bits per heavy atom. The van der Waals surface area contributed by atoms with Gasteiger partial charge in [-0.3, -0.25) is 4.79 Å². The SMILES string of the molecule is CCN(CC)C(=O)CNC(C)CC(F)(F)F. The van der Waals surface area contributed by atoms with E-state index in [9.17, 15) is 18.0 Å². The molecule has 1 N–H and O–H groups in total. The minimum absolute atomic E-state index is 0.0427. The van der Waals surface area contributed by atoms with Crippen LogP contribution in [0, 0.1) is 0 Å². The van der Waals surface area contributed by atoms with E-state index in [0.29, 0.717) is 13.1 Å². The summed E-state index contributed by atoms with van der Waals surface area (Å²) in [5, 5.41) is 2.58. The van der Waals surface area contributed by atoms with Crippen LogP contribution in [-0.2, 0) is 4.79 Å². The fourth-order valence-electron chi connectivity index (χ4n) is 1.37. The highest BCUT2D eigenvalue weighted by molar-refractivity contribution is 5.78. The summed E-state index contributed by atoms with van der Waals surface area (Å²) in [7, 11) is 0. The maximum atomic E-state index is 12.0. The van der Waals surface area contributed by atoms with Crippen LogP contribution >= 0.6 is 0 Å². The van der Waals surface area contributed by atoms with E-state index >= 15 is 0 Å². The number of halogens is 3. The maximum absolute atomic E-state index is 12.0. The summed E-state index contributed by atoms with van der Waals surface area (Å²) in [6, 6.07) is -0.737. The van der Waals surface area contributed by atoms with Crippen molar-refractivity contribution >= 4 is 5.91 Å². The second-order valence-electron chi connectivity index (χ2n) is 3.67. The van der Waals surface area contributed by atoms with Gasteiger partial charge in [0.15, 0.2) is 0 Å². The highest BCUT2D eigenvalue weighted by atomic mass is 19.4. The smallest absolute Gasteiger partial charge is 0.342 e. The van der Waals surface area contributed by atoms with Gasteiger partial charge in [-0.1, -0.05) is 0 Å². The van der Waals surface area contributed by atoms with Crippen molar-refractivity contribution in [3.05, 3.63) is 0 Å². The van der Waals surface area contributed by atoms with E-state index < -0.39 is 18.6 Å². The molecule has 1 atom stereocenters. The topological polar surface area (TPSA) is 32.3 Å². The first-order valence-corrected chi connectivity index (χ1v) is 5.38. The van der Waals surface area contributed by atoms with Crippen molar-refractivity contribution in [1.82, 2.24) is 10.2 Å². The molecule has 6 heteroatoms. The summed E-state index contributed by atoms with van der Waals surface area (Å²) in [4.78, 5) is 13.0. The number of rotatable bonds is 6. The van der Waals surface area contributed by atoms with Crippen LogP contribution in [0.15, 0.2) is 0 Å². The number of nitrogens with one attached hydrogen (secondary N) is 1. The summed E-state index contributed by atoms with van der Waals surface area (Å²) in [6.07, 6.45) is -5.11. The molecule has 0 heterocycles. The Morgan fingerprint density at radius 2 is 1.81 bits per heavy atom. The Kier molecular flexibility index (Phi) is 6.40. The first-order chi connectivity index (χ1) is 7.30. The maximum Gasteiger partial charge on any atom is 0.390 e. The summed E-state index contributed by atoms with van der Waals surface area (Å²) in [5.41, 5.74) is 0. The number of hydrogen-bond acceptors (Lipinski definition) is 2. The van der Waals surface area contributed by atoms with Crippen LogP contribution in [0.3, 0.4) is 0 Å². The molecule has 0 aliphatic heterocycles. The molecule has 0 bridgehead atoms. The molecular formula is C10H19F3N2O. The summed E-state index contributed by atoms with van der Waals surface area (Å²) >= 11 is 0. The van der Waals surface area contributed by atoms with Crippen molar-refractivity contribution in [2.24, 2.45) is 0 Å². The lowest BCUT2D eigenvalue weighted by atomic mass is 10.2. The van der Waals surface area contributed by atoms with Crippen LogP contribution in [-0.4, -0.2) is 42.7 Å². The van der Waals surface area contributed by atoms with Gasteiger partial charge < -0.3 is 10.2 Å². The number of carbonyl (C=O) groups excluding carboxylic acids is 1. The Hall–Kier alpha value is -0.780. The second kappa shape index (κ2) is 6.73. The van der Waals surface area contributed by atoms with Crippen molar-refractivity contribution in [3.63, 3.8) is 0 Å². The predicted molar refractivity (Wildman–Crippen MR) is 56.1 cm³/mol. The van der Waals surface area contributed by atoms with Gasteiger partial charge in [0.25, 0.3) is 0 Å². The molecule has 0 saturated carbocycles. The second-order valence-corrected chi connectivity index (χ2v) is 3.67. The van der Waals surface area contributed by atoms with E-state index in [2.05, 4.69) is 5.32 Å². The molecule has 1 unspecified atom stereocenters. The van der Waals surface area contributed by atoms with E-state index in [0.717, 1.165) is 0 Å². The zero-order valence-corrected chi connectivity index (χ0v) is 9.90. The Labute approximate surface area is 94.0 Å². The van der Waals surface area contributed by atoms with Gasteiger partial charge in [0.1, 0.15) is 0 Å². The first kappa shape index (κ1) is 15.2. The summed E-state index contributed by atoms with van der Waals surface area (Å²) < 4.78 is 36.0. The lowest BCUT2D eigenvalue weighted by Gasteiger charge is -2.21. The monoisotopic (exact) mass is 240 g/mol. The lowest BCUT2D eigenvalue weighted by Crippen LogP contribution is -2.41. The highest BCUT2D eigenvalue weighted by Crippen LogP contribution is 2.21. The van der Waals surface area contributed by atoms with Crippen molar-refractivity contribution in [2.75, 3.05) is 19.6 Å². The molecule has 0 aliphatic rings. The number of alkyl halides is 3. The number of amides is 1. The fraction of sp³-hybridized carbons (Fsp3) is 0.900. The van der Waals surface area contributed by atoms with Gasteiger partial charge in [0, 0.05) is 19.1 Å². The third kappa shape index (κ3) is 6.66. The molecule has 0 spiro atoms. The van der Waals surface area contributed by atoms with Gasteiger partial charge in [-0.25, -0.2) is 0 Å². The lowest BCUT2D eigenvalue weighted by molar-refractivity contribution is -0.141. The predicted octanol–water partition coefficient (Wildman–Crippen LogP) is 1.79. The van der Waals surface area contributed by atoms with E-state index in [1.165, 1.54) is 6.92 Å². The van der Waals surface area contributed by atoms with Crippen molar-refractivity contribution in [1.29, 1.82) is 0 Å². The third-order valence-electron chi connectivity index (χ3n) is 2.26. The molecule has 0 fully saturated rings. The number of carbonyl (C=O) groups is 1. The fourth-order valence-corrected chi connectivity index (χ4v) is 1.37. The van der Waals surface area contributed by atoms with Gasteiger partial charge in [-0.15, -0.1) is 0 Å². The molecule has 0 aromatic carbocycles. The van der Waals surface area contributed by atoms with Gasteiger partial charge in [0.2, 0.25) is 5.91 Å². The molecule has 3 nitrogen and oxygen atoms in total. The van der Waals surface area contributed by atoms with Crippen LogP contribution in [0.25, 0.3) is 0 Å². The third-order valence-corrected chi connectivity index (χ3v) is 2.26. The van der Waals surface area contributed by atoms with Crippen molar-refractivity contribution < 1.29 is 18.0 Å². The quantitative estimate of drug-likeness (QED) is 0.767. The van der Waals surface area contributed by atoms with E-state index in [-0.39, 0.29) is 12.5 Å². The van der Waals surface area contributed by atoms with Crippen LogP contribution in [0.1, 0.15) is 27.2 Å². The molecule has 0 aromatic rings. The van der Waals surface area contributed by atoms with E-state index in [1.807, 2.05) is 13.8 Å². The molecule has 16 heavy (non-hydrogen) atoms. The van der Waals surface area contributed by atoms with E-state index in [1.54, 1.807) is 4.90 Å². The Balaban J connectivity index is 3.92. The zero-order chi connectivity index (χ0) is 12.8. The first-order valence-electron chi connectivity index (χ1n) is 5.38. The molecule has 0 aromatic heterocycles. The molecule has 0 rings (SSSR count). The van der Waals surface area contributed by atoms with Gasteiger partial charge >= 0.3 is 6.18 Å². The van der Waals surface area contributed by atoms with Gasteiger partial charge in [0.05, 0.1) is 13.0 Å². The summed E-state index contributed by atoms with van der Waals surface area (Å²) in [6.45, 7) is 6.19. The normalized spacial score (nSPS) is 13.6. The van der Waals surface area contributed by atoms with E-state index in [4.69, 9.17) is 0 Å².